The fourth-order valence-electron chi connectivity index (χ4n) is 1.84. The van der Waals surface area contributed by atoms with Gasteiger partial charge in [-0.25, -0.2) is 13.4 Å². The molecule has 0 radical (unpaired) electrons. The molecule has 20 heavy (non-hydrogen) atoms. The SMILES string of the molecule is CS(=O)(=O)c1cccnc1Nc1ccc(CCN)cc1. The van der Waals surface area contributed by atoms with Crippen molar-refractivity contribution < 1.29 is 8.42 Å². The molecule has 0 saturated heterocycles. The fourth-order valence-corrected chi connectivity index (χ4v) is 2.62. The van der Waals surface area contributed by atoms with Gasteiger partial charge in [-0.2, -0.15) is 0 Å². The number of nitrogens with one attached hydrogen (secondary N) is 1. The molecule has 5 nitrogen and oxygen atoms in total. The van der Waals surface area contributed by atoms with Crippen LogP contribution in [0.15, 0.2) is 47.5 Å². The van der Waals surface area contributed by atoms with Gasteiger partial charge in [0, 0.05) is 18.1 Å². The van der Waals surface area contributed by atoms with E-state index in [1.807, 2.05) is 24.3 Å². The van der Waals surface area contributed by atoms with Gasteiger partial charge in [-0.3, -0.25) is 0 Å². The quantitative estimate of drug-likeness (QED) is 0.876. The maximum atomic E-state index is 11.7. The van der Waals surface area contributed by atoms with E-state index in [-0.39, 0.29) is 4.90 Å². The smallest absolute Gasteiger partial charge is 0.179 e. The molecule has 0 saturated carbocycles. The van der Waals surface area contributed by atoms with Crippen molar-refractivity contribution in [3.8, 4) is 0 Å². The van der Waals surface area contributed by atoms with E-state index in [4.69, 9.17) is 5.73 Å². The number of rotatable bonds is 5. The van der Waals surface area contributed by atoms with Crippen LogP contribution in [0.25, 0.3) is 0 Å². The highest BCUT2D eigenvalue weighted by Crippen LogP contribution is 2.22. The minimum absolute atomic E-state index is 0.186. The third kappa shape index (κ3) is 3.55. The van der Waals surface area contributed by atoms with Crippen LogP contribution < -0.4 is 11.1 Å². The molecular formula is C14H17N3O2S. The van der Waals surface area contributed by atoms with E-state index in [2.05, 4.69) is 10.3 Å². The average Bonchev–Trinajstić information content (AvgIpc) is 2.41. The number of hydrogen-bond donors (Lipinski definition) is 2. The Balaban J connectivity index is 2.26. The van der Waals surface area contributed by atoms with Gasteiger partial charge in [0.15, 0.2) is 9.84 Å². The van der Waals surface area contributed by atoms with Crippen LogP contribution in [0.1, 0.15) is 5.56 Å². The molecule has 0 atom stereocenters. The molecule has 0 aliphatic carbocycles. The second-order valence-corrected chi connectivity index (χ2v) is 6.47. The number of sulfone groups is 1. The van der Waals surface area contributed by atoms with Crippen LogP contribution >= 0.6 is 0 Å². The molecule has 0 spiro atoms. The first kappa shape index (κ1) is 14.5. The number of pyridine rings is 1. The summed E-state index contributed by atoms with van der Waals surface area (Å²) in [6, 6.07) is 10.8. The van der Waals surface area contributed by atoms with Crippen molar-refractivity contribution in [2.45, 2.75) is 11.3 Å². The molecular weight excluding hydrogens is 274 g/mol. The molecule has 6 heteroatoms. The fraction of sp³-hybridized carbons (Fsp3) is 0.214. The summed E-state index contributed by atoms with van der Waals surface area (Å²) in [5, 5.41) is 3.03. The molecule has 1 aromatic heterocycles. The van der Waals surface area contributed by atoms with Crippen LogP contribution in [0.3, 0.4) is 0 Å². The summed E-state index contributed by atoms with van der Waals surface area (Å²) < 4.78 is 23.4. The van der Waals surface area contributed by atoms with Crippen molar-refractivity contribution >= 4 is 21.3 Å². The molecule has 106 valence electrons. The highest BCUT2D eigenvalue weighted by Gasteiger charge is 2.13. The van der Waals surface area contributed by atoms with Gasteiger partial charge in [0.2, 0.25) is 0 Å². The van der Waals surface area contributed by atoms with Crippen LogP contribution in [0.5, 0.6) is 0 Å². The molecule has 0 aliphatic heterocycles. The largest absolute Gasteiger partial charge is 0.339 e. The third-order valence-electron chi connectivity index (χ3n) is 2.82. The van der Waals surface area contributed by atoms with Gasteiger partial charge >= 0.3 is 0 Å². The lowest BCUT2D eigenvalue weighted by molar-refractivity contribution is 0.602. The monoisotopic (exact) mass is 291 g/mol. The minimum atomic E-state index is -3.31. The summed E-state index contributed by atoms with van der Waals surface area (Å²) in [6.07, 6.45) is 3.54. The summed E-state index contributed by atoms with van der Waals surface area (Å²) >= 11 is 0. The number of aromatic nitrogens is 1. The van der Waals surface area contributed by atoms with Crippen molar-refractivity contribution in [2.24, 2.45) is 5.73 Å². The zero-order chi connectivity index (χ0) is 14.6. The van der Waals surface area contributed by atoms with Crippen LogP contribution in [0.2, 0.25) is 0 Å². The normalized spacial score (nSPS) is 11.3. The maximum Gasteiger partial charge on any atom is 0.179 e. The van der Waals surface area contributed by atoms with Crippen LogP contribution in [-0.2, 0) is 16.3 Å². The highest BCUT2D eigenvalue weighted by molar-refractivity contribution is 7.90. The molecule has 0 aliphatic rings. The number of anilines is 2. The maximum absolute atomic E-state index is 11.7. The Bertz CT molecular complexity index is 682. The molecule has 0 bridgehead atoms. The molecule has 1 heterocycles. The topological polar surface area (TPSA) is 85.1 Å². The van der Waals surface area contributed by atoms with Crippen LogP contribution in [0, 0.1) is 0 Å². The Hall–Kier alpha value is -1.92. The number of nitrogens with zero attached hydrogens (tertiary/aromatic N) is 1. The first-order valence-electron chi connectivity index (χ1n) is 6.22. The predicted molar refractivity (Wildman–Crippen MR) is 79.8 cm³/mol. The van der Waals surface area contributed by atoms with Crippen molar-refractivity contribution in [1.82, 2.24) is 4.98 Å². The lowest BCUT2D eigenvalue weighted by Gasteiger charge is -2.10. The van der Waals surface area contributed by atoms with Gasteiger partial charge in [0.25, 0.3) is 0 Å². The second kappa shape index (κ2) is 6.02. The standard InChI is InChI=1S/C14H17N3O2S/c1-20(18,19)13-3-2-10-16-14(13)17-12-6-4-11(5-7-12)8-9-15/h2-7,10H,8-9,15H2,1H3,(H,16,17). The van der Waals surface area contributed by atoms with Crippen molar-refractivity contribution in [2.75, 3.05) is 18.1 Å². The summed E-state index contributed by atoms with van der Waals surface area (Å²) in [6.45, 7) is 0.602. The molecule has 3 N–H and O–H groups in total. The lowest BCUT2D eigenvalue weighted by Crippen LogP contribution is -2.05. The Kier molecular flexibility index (Phi) is 4.36. The van der Waals surface area contributed by atoms with E-state index in [0.29, 0.717) is 12.4 Å². The first-order valence-corrected chi connectivity index (χ1v) is 8.11. The Morgan fingerprint density at radius 2 is 1.90 bits per heavy atom. The summed E-state index contributed by atoms with van der Waals surface area (Å²) in [7, 11) is -3.31. The minimum Gasteiger partial charge on any atom is -0.339 e. The number of benzene rings is 1. The van der Waals surface area contributed by atoms with E-state index in [9.17, 15) is 8.42 Å². The van der Waals surface area contributed by atoms with E-state index in [0.717, 1.165) is 17.7 Å². The highest BCUT2D eigenvalue weighted by atomic mass is 32.2. The van der Waals surface area contributed by atoms with Gasteiger partial charge in [-0.1, -0.05) is 12.1 Å². The molecule has 2 aromatic rings. The molecule has 2 rings (SSSR count). The summed E-state index contributed by atoms with van der Waals surface area (Å²) in [5.74, 6) is 0.335. The molecule has 0 unspecified atom stereocenters. The predicted octanol–water partition coefficient (Wildman–Crippen LogP) is 1.73. The van der Waals surface area contributed by atoms with Crippen molar-refractivity contribution in [3.63, 3.8) is 0 Å². The number of hydrogen-bond acceptors (Lipinski definition) is 5. The van der Waals surface area contributed by atoms with Crippen LogP contribution in [0.4, 0.5) is 11.5 Å². The summed E-state index contributed by atoms with van der Waals surface area (Å²) in [5.41, 5.74) is 7.43. The van der Waals surface area contributed by atoms with Gasteiger partial charge in [-0.05, 0) is 42.8 Å². The molecule has 0 fully saturated rings. The first-order chi connectivity index (χ1) is 9.50. The van der Waals surface area contributed by atoms with Crippen molar-refractivity contribution in [3.05, 3.63) is 48.2 Å². The summed E-state index contributed by atoms with van der Waals surface area (Å²) in [4.78, 5) is 4.28. The molecule has 0 amide bonds. The Morgan fingerprint density at radius 3 is 2.50 bits per heavy atom. The van der Waals surface area contributed by atoms with Crippen molar-refractivity contribution in [1.29, 1.82) is 0 Å². The van der Waals surface area contributed by atoms with E-state index < -0.39 is 9.84 Å². The molecule has 1 aromatic carbocycles. The van der Waals surface area contributed by atoms with E-state index >= 15 is 0 Å². The lowest BCUT2D eigenvalue weighted by atomic mass is 10.1. The van der Waals surface area contributed by atoms with E-state index in [1.54, 1.807) is 12.3 Å². The Labute approximate surface area is 118 Å². The van der Waals surface area contributed by atoms with E-state index in [1.165, 1.54) is 12.3 Å². The second-order valence-electron chi connectivity index (χ2n) is 4.48. The third-order valence-corrected chi connectivity index (χ3v) is 3.95. The van der Waals surface area contributed by atoms with Crippen LogP contribution in [-0.4, -0.2) is 26.2 Å². The average molecular weight is 291 g/mol. The number of nitrogens with two attached hydrogens (primary N) is 1. The van der Waals surface area contributed by atoms with Gasteiger partial charge < -0.3 is 11.1 Å². The van der Waals surface area contributed by atoms with Gasteiger partial charge in [-0.15, -0.1) is 0 Å². The van der Waals surface area contributed by atoms with Gasteiger partial charge in [0.05, 0.1) is 0 Å². The zero-order valence-electron chi connectivity index (χ0n) is 11.2. The zero-order valence-corrected chi connectivity index (χ0v) is 12.0. The Morgan fingerprint density at radius 1 is 1.20 bits per heavy atom. The van der Waals surface area contributed by atoms with Gasteiger partial charge in [0.1, 0.15) is 10.7 Å².